The van der Waals surface area contributed by atoms with Gasteiger partial charge in [-0.25, -0.2) is 0 Å². The van der Waals surface area contributed by atoms with Crippen molar-refractivity contribution in [1.29, 1.82) is 0 Å². The summed E-state index contributed by atoms with van der Waals surface area (Å²) in [6.45, 7) is 4.74. The summed E-state index contributed by atoms with van der Waals surface area (Å²) in [5, 5.41) is 5.13. The average molecular weight is 677 g/mol. The van der Waals surface area contributed by atoms with Crippen LogP contribution in [0.25, 0.3) is 88.4 Å². The number of hydrogen-bond donors (Lipinski definition) is 0. The average Bonchev–Trinajstić information content (AvgIpc) is 3.81. The van der Waals surface area contributed by atoms with Crippen LogP contribution < -0.4 is 0 Å². The first-order valence-electron chi connectivity index (χ1n) is 18.5. The van der Waals surface area contributed by atoms with Crippen LogP contribution in [-0.2, 0) is 5.41 Å². The van der Waals surface area contributed by atoms with Gasteiger partial charge in [0, 0.05) is 38.3 Å². The third-order valence-corrected chi connectivity index (χ3v) is 11.7. The van der Waals surface area contributed by atoms with E-state index >= 15 is 0 Å². The zero-order chi connectivity index (χ0) is 35.3. The van der Waals surface area contributed by atoms with Crippen LogP contribution in [0.15, 0.2) is 182 Å². The van der Waals surface area contributed by atoms with Gasteiger partial charge in [-0.2, -0.15) is 0 Å². The normalized spacial score (nSPS) is 13.2. The van der Waals surface area contributed by atoms with E-state index in [-0.39, 0.29) is 5.41 Å². The van der Waals surface area contributed by atoms with Gasteiger partial charge in [-0.1, -0.05) is 135 Å². The minimum Gasteiger partial charge on any atom is -0.309 e. The van der Waals surface area contributed by atoms with Crippen molar-refractivity contribution in [3.05, 3.63) is 193 Å². The second-order valence-electron chi connectivity index (χ2n) is 15.0. The number of aromatic nitrogens is 2. The Hall–Kier alpha value is -6.64. The summed E-state index contributed by atoms with van der Waals surface area (Å²) in [6, 6.07) is 67.0. The SMILES string of the molecule is CC1(C)c2ccccc2-c2c1ccc1c2c2cc(-c3ccc4c(c3)c3ccccc3n4-c3cccc(-c4ccccc4)c3)ccc2n1-c1ccccc1. The van der Waals surface area contributed by atoms with E-state index in [0.29, 0.717) is 0 Å². The largest absolute Gasteiger partial charge is 0.309 e. The molecule has 0 unspecified atom stereocenters. The van der Waals surface area contributed by atoms with E-state index in [1.54, 1.807) is 0 Å². The third-order valence-electron chi connectivity index (χ3n) is 11.7. The van der Waals surface area contributed by atoms with Gasteiger partial charge in [-0.05, 0) is 105 Å². The number of para-hydroxylation sites is 2. The zero-order valence-corrected chi connectivity index (χ0v) is 29.7. The summed E-state index contributed by atoms with van der Waals surface area (Å²) in [5.41, 5.74) is 17.5. The van der Waals surface area contributed by atoms with Gasteiger partial charge in [0.2, 0.25) is 0 Å². The molecule has 250 valence electrons. The van der Waals surface area contributed by atoms with Crippen molar-refractivity contribution in [2.24, 2.45) is 0 Å². The Morgan fingerprint density at radius 3 is 1.74 bits per heavy atom. The molecule has 2 heteroatoms. The molecular weight excluding hydrogens is 641 g/mol. The fraction of sp³-hybridized carbons (Fsp3) is 0.0588. The number of hydrogen-bond acceptors (Lipinski definition) is 0. The van der Waals surface area contributed by atoms with Crippen LogP contribution in [0, 0.1) is 0 Å². The lowest BCUT2D eigenvalue weighted by Crippen LogP contribution is -2.14. The number of benzene rings is 8. The van der Waals surface area contributed by atoms with E-state index in [1.165, 1.54) is 93.8 Å². The first kappa shape index (κ1) is 30.0. The van der Waals surface area contributed by atoms with Crippen LogP contribution in [-0.4, -0.2) is 9.13 Å². The Bertz CT molecular complexity index is 3070. The molecule has 8 aromatic carbocycles. The van der Waals surface area contributed by atoms with Crippen LogP contribution in [0.5, 0.6) is 0 Å². The lowest BCUT2D eigenvalue weighted by atomic mass is 9.82. The maximum absolute atomic E-state index is 2.45. The minimum absolute atomic E-state index is 0.0707. The molecule has 0 amide bonds. The standard InChI is InChI=1S/C51H36N2/c1-51(2)43-22-11-9-21-40(43)49-44(51)26-29-48-50(49)42-32-36(25-28-47(42)52(48)37-17-7-4-8-18-37)35-24-27-46-41(31-35)39-20-10-12-23-45(39)53(46)38-19-13-16-34(30-38)33-14-5-3-6-15-33/h3-32H,1-2H3. The van der Waals surface area contributed by atoms with E-state index in [4.69, 9.17) is 0 Å². The second-order valence-corrected chi connectivity index (χ2v) is 15.0. The zero-order valence-electron chi connectivity index (χ0n) is 29.7. The predicted molar refractivity (Wildman–Crippen MR) is 224 cm³/mol. The van der Waals surface area contributed by atoms with E-state index in [2.05, 4.69) is 205 Å². The van der Waals surface area contributed by atoms with Gasteiger partial charge in [0.05, 0.1) is 22.1 Å². The van der Waals surface area contributed by atoms with E-state index in [1.807, 2.05) is 0 Å². The topological polar surface area (TPSA) is 9.86 Å². The number of nitrogens with zero attached hydrogens (tertiary/aromatic N) is 2. The molecule has 0 N–H and O–H groups in total. The van der Waals surface area contributed by atoms with Gasteiger partial charge < -0.3 is 9.13 Å². The molecule has 0 saturated heterocycles. The molecule has 0 spiro atoms. The molecule has 0 atom stereocenters. The van der Waals surface area contributed by atoms with Crippen molar-refractivity contribution in [2.75, 3.05) is 0 Å². The molecule has 10 aromatic rings. The molecule has 1 aliphatic rings. The minimum atomic E-state index is -0.0707. The Balaban J connectivity index is 1.15. The van der Waals surface area contributed by atoms with E-state index in [0.717, 1.165) is 5.69 Å². The van der Waals surface area contributed by atoms with Crippen LogP contribution in [0.2, 0.25) is 0 Å². The van der Waals surface area contributed by atoms with Crippen molar-refractivity contribution in [1.82, 2.24) is 9.13 Å². The first-order chi connectivity index (χ1) is 26.1. The van der Waals surface area contributed by atoms with E-state index in [9.17, 15) is 0 Å². The predicted octanol–water partition coefficient (Wildman–Crippen LogP) is 13.5. The summed E-state index contributed by atoms with van der Waals surface area (Å²) in [5.74, 6) is 0. The molecule has 2 aromatic heterocycles. The molecule has 0 radical (unpaired) electrons. The molecule has 0 fully saturated rings. The number of rotatable bonds is 4. The Kier molecular flexibility index (Phi) is 6.33. The molecule has 11 rings (SSSR count). The van der Waals surface area contributed by atoms with Crippen LogP contribution in [0.3, 0.4) is 0 Å². The van der Waals surface area contributed by atoms with Gasteiger partial charge >= 0.3 is 0 Å². The molecule has 0 aliphatic heterocycles. The fourth-order valence-corrected chi connectivity index (χ4v) is 9.22. The molecule has 1 aliphatic carbocycles. The smallest absolute Gasteiger partial charge is 0.0547 e. The lowest BCUT2D eigenvalue weighted by molar-refractivity contribution is 0.661. The first-order valence-corrected chi connectivity index (χ1v) is 18.5. The highest BCUT2D eigenvalue weighted by molar-refractivity contribution is 6.19. The van der Waals surface area contributed by atoms with Crippen LogP contribution in [0.4, 0.5) is 0 Å². The second kappa shape index (κ2) is 11.2. The summed E-state index contributed by atoms with van der Waals surface area (Å²) in [7, 11) is 0. The Morgan fingerprint density at radius 2 is 0.925 bits per heavy atom. The van der Waals surface area contributed by atoms with Crippen molar-refractivity contribution < 1.29 is 0 Å². The third kappa shape index (κ3) is 4.33. The fourth-order valence-electron chi connectivity index (χ4n) is 9.22. The summed E-state index contributed by atoms with van der Waals surface area (Å²) < 4.78 is 4.86. The van der Waals surface area contributed by atoms with E-state index < -0.39 is 0 Å². The van der Waals surface area contributed by atoms with Crippen molar-refractivity contribution in [3.8, 4) is 44.8 Å². The molecule has 53 heavy (non-hydrogen) atoms. The Morgan fingerprint density at radius 1 is 0.358 bits per heavy atom. The summed E-state index contributed by atoms with van der Waals surface area (Å²) >= 11 is 0. The molecule has 0 saturated carbocycles. The summed E-state index contributed by atoms with van der Waals surface area (Å²) in [6.07, 6.45) is 0. The molecule has 2 heterocycles. The summed E-state index contributed by atoms with van der Waals surface area (Å²) in [4.78, 5) is 0. The molecule has 2 nitrogen and oxygen atoms in total. The highest BCUT2D eigenvalue weighted by Gasteiger charge is 2.37. The van der Waals surface area contributed by atoms with Gasteiger partial charge in [0.1, 0.15) is 0 Å². The van der Waals surface area contributed by atoms with Crippen LogP contribution >= 0.6 is 0 Å². The Labute approximate surface area is 308 Å². The maximum atomic E-state index is 2.45. The van der Waals surface area contributed by atoms with Gasteiger partial charge in [0.15, 0.2) is 0 Å². The lowest BCUT2D eigenvalue weighted by Gasteiger charge is -2.21. The maximum Gasteiger partial charge on any atom is 0.0547 e. The van der Waals surface area contributed by atoms with Gasteiger partial charge in [-0.15, -0.1) is 0 Å². The van der Waals surface area contributed by atoms with Crippen molar-refractivity contribution in [3.63, 3.8) is 0 Å². The number of fused-ring (bicyclic) bond motifs is 10. The van der Waals surface area contributed by atoms with Crippen molar-refractivity contribution in [2.45, 2.75) is 19.3 Å². The highest BCUT2D eigenvalue weighted by atomic mass is 15.0. The molecular formula is C51H36N2. The van der Waals surface area contributed by atoms with Gasteiger partial charge in [-0.3, -0.25) is 0 Å². The monoisotopic (exact) mass is 676 g/mol. The van der Waals surface area contributed by atoms with Gasteiger partial charge in [0.25, 0.3) is 0 Å². The van der Waals surface area contributed by atoms with Crippen molar-refractivity contribution >= 4 is 43.6 Å². The molecule has 0 bridgehead atoms. The highest BCUT2D eigenvalue weighted by Crippen LogP contribution is 2.53. The van der Waals surface area contributed by atoms with Crippen LogP contribution in [0.1, 0.15) is 25.0 Å². The quantitative estimate of drug-likeness (QED) is 0.176.